The van der Waals surface area contributed by atoms with Crippen molar-refractivity contribution in [2.45, 2.75) is 11.8 Å². The highest BCUT2D eigenvalue weighted by atomic mass is 35.5. The normalized spacial score (nSPS) is 11.5. The number of sulfonamides is 1. The molecule has 0 spiro atoms. The molecule has 0 saturated carbocycles. The molecule has 0 atom stereocenters. The van der Waals surface area contributed by atoms with Crippen LogP contribution in [-0.4, -0.2) is 13.7 Å². The topological polar surface area (TPSA) is 63.2 Å². The monoisotopic (exact) mass is 335 g/mol. The van der Waals surface area contributed by atoms with Gasteiger partial charge in [-0.1, -0.05) is 36.4 Å². The maximum Gasteiger partial charge on any atom is 0.262 e. The summed E-state index contributed by atoms with van der Waals surface area (Å²) in [5.41, 5.74) is 1.71. The lowest BCUT2D eigenvalue weighted by Crippen LogP contribution is -2.14. The average Bonchev–Trinajstić information content (AvgIpc) is 2.47. The van der Waals surface area contributed by atoms with Crippen molar-refractivity contribution in [2.24, 2.45) is 0 Å². The standard InChI is InChI=1S/C16H14ClNO3S/c1-12-6-2-4-8-14(12)18-22(20,21)15-9-5-3-7-13(15)10-11-16(17)19/h2-11,18H,1H3. The lowest BCUT2D eigenvalue weighted by molar-refractivity contribution is -0.107. The molecule has 6 heteroatoms. The van der Waals surface area contributed by atoms with Crippen molar-refractivity contribution < 1.29 is 13.2 Å². The summed E-state index contributed by atoms with van der Waals surface area (Å²) in [4.78, 5) is 10.9. The molecule has 0 aromatic heterocycles. The van der Waals surface area contributed by atoms with Gasteiger partial charge in [0.25, 0.3) is 10.0 Å². The van der Waals surface area contributed by atoms with Crippen molar-refractivity contribution in [1.29, 1.82) is 0 Å². The van der Waals surface area contributed by atoms with Gasteiger partial charge >= 0.3 is 0 Å². The van der Waals surface area contributed by atoms with Crippen LogP contribution in [0.5, 0.6) is 0 Å². The van der Waals surface area contributed by atoms with Crippen molar-refractivity contribution in [2.75, 3.05) is 4.72 Å². The molecule has 1 N–H and O–H groups in total. The third-order valence-electron chi connectivity index (χ3n) is 2.99. The summed E-state index contributed by atoms with van der Waals surface area (Å²) in [6, 6.07) is 13.5. The van der Waals surface area contributed by atoms with Crippen molar-refractivity contribution in [3.8, 4) is 0 Å². The number of carbonyl (C=O) groups is 1. The van der Waals surface area contributed by atoms with E-state index in [0.717, 1.165) is 11.6 Å². The van der Waals surface area contributed by atoms with Gasteiger partial charge in [0.05, 0.1) is 10.6 Å². The highest BCUT2D eigenvalue weighted by molar-refractivity contribution is 7.92. The predicted molar refractivity (Wildman–Crippen MR) is 88.3 cm³/mol. The average molecular weight is 336 g/mol. The van der Waals surface area contributed by atoms with Crippen LogP contribution >= 0.6 is 11.6 Å². The Balaban J connectivity index is 2.42. The van der Waals surface area contributed by atoms with Gasteiger partial charge in [0.2, 0.25) is 5.24 Å². The Labute approximate surface area is 134 Å². The number of carbonyl (C=O) groups excluding carboxylic acids is 1. The van der Waals surface area contributed by atoms with E-state index in [4.69, 9.17) is 11.6 Å². The highest BCUT2D eigenvalue weighted by Gasteiger charge is 2.17. The largest absolute Gasteiger partial charge is 0.279 e. The van der Waals surface area contributed by atoms with Gasteiger partial charge in [-0.05, 0) is 53.9 Å². The van der Waals surface area contributed by atoms with E-state index in [1.807, 2.05) is 19.1 Å². The summed E-state index contributed by atoms with van der Waals surface area (Å²) in [6.45, 7) is 1.82. The maximum absolute atomic E-state index is 12.6. The molecule has 0 saturated heterocycles. The Hall–Kier alpha value is -2.11. The quantitative estimate of drug-likeness (QED) is 0.671. The van der Waals surface area contributed by atoms with Crippen LogP contribution < -0.4 is 4.72 Å². The van der Waals surface area contributed by atoms with E-state index in [2.05, 4.69) is 4.72 Å². The number of para-hydroxylation sites is 1. The van der Waals surface area contributed by atoms with E-state index in [-0.39, 0.29) is 4.90 Å². The number of aryl methyl sites for hydroxylation is 1. The number of nitrogens with one attached hydrogen (secondary N) is 1. The van der Waals surface area contributed by atoms with Crippen LogP contribution in [0.15, 0.2) is 59.5 Å². The van der Waals surface area contributed by atoms with Crippen LogP contribution in [0.25, 0.3) is 6.08 Å². The number of hydrogen-bond acceptors (Lipinski definition) is 3. The molecule has 0 fully saturated rings. The summed E-state index contributed by atoms with van der Waals surface area (Å²) in [6.07, 6.45) is 2.49. The highest BCUT2D eigenvalue weighted by Crippen LogP contribution is 2.22. The number of hydrogen-bond donors (Lipinski definition) is 1. The van der Waals surface area contributed by atoms with Crippen molar-refractivity contribution in [3.63, 3.8) is 0 Å². The van der Waals surface area contributed by atoms with Crippen molar-refractivity contribution in [3.05, 3.63) is 65.7 Å². The molecule has 0 aliphatic rings. The molecule has 22 heavy (non-hydrogen) atoms. The Bertz CT molecular complexity index is 829. The maximum atomic E-state index is 12.6. The minimum Gasteiger partial charge on any atom is -0.279 e. The Morgan fingerprint density at radius 1 is 1.09 bits per heavy atom. The second kappa shape index (κ2) is 6.77. The molecular formula is C16H14ClNO3S. The van der Waals surface area contributed by atoms with E-state index in [0.29, 0.717) is 11.3 Å². The van der Waals surface area contributed by atoms with Crippen LogP contribution in [-0.2, 0) is 14.8 Å². The summed E-state index contributed by atoms with van der Waals surface area (Å²) in [7, 11) is -3.77. The molecule has 0 unspecified atom stereocenters. The fourth-order valence-corrected chi connectivity index (χ4v) is 3.30. The summed E-state index contributed by atoms with van der Waals surface area (Å²) in [5, 5.41) is -0.668. The van der Waals surface area contributed by atoms with Gasteiger partial charge in [-0.25, -0.2) is 8.42 Å². The lowest BCUT2D eigenvalue weighted by atomic mass is 10.2. The minimum atomic E-state index is -3.77. The number of halogens is 1. The molecule has 0 bridgehead atoms. The van der Waals surface area contributed by atoms with E-state index >= 15 is 0 Å². The molecule has 0 heterocycles. The first-order valence-corrected chi connectivity index (χ1v) is 8.31. The Morgan fingerprint density at radius 2 is 1.73 bits per heavy atom. The predicted octanol–water partition coefficient (Wildman–Crippen LogP) is 3.57. The van der Waals surface area contributed by atoms with E-state index in [9.17, 15) is 13.2 Å². The zero-order chi connectivity index (χ0) is 16.2. The molecule has 2 aromatic rings. The van der Waals surface area contributed by atoms with Crippen LogP contribution in [0.1, 0.15) is 11.1 Å². The van der Waals surface area contributed by atoms with Gasteiger partial charge in [-0.2, -0.15) is 0 Å². The molecule has 0 amide bonds. The minimum absolute atomic E-state index is 0.0763. The molecule has 0 aliphatic heterocycles. The first kappa shape index (κ1) is 16.3. The van der Waals surface area contributed by atoms with Gasteiger partial charge in [-0.15, -0.1) is 0 Å². The second-order valence-corrected chi connectivity index (χ2v) is 6.62. The van der Waals surface area contributed by atoms with Gasteiger partial charge < -0.3 is 0 Å². The van der Waals surface area contributed by atoms with Crippen molar-refractivity contribution in [1.82, 2.24) is 0 Å². The summed E-state index contributed by atoms with van der Waals surface area (Å²) in [5.74, 6) is 0. The first-order chi connectivity index (χ1) is 10.4. The van der Waals surface area contributed by atoms with E-state index < -0.39 is 15.3 Å². The third kappa shape index (κ3) is 3.96. The SMILES string of the molecule is Cc1ccccc1NS(=O)(=O)c1ccccc1C=CC(=O)Cl. The van der Waals surface area contributed by atoms with Crippen molar-refractivity contribution >= 4 is 38.6 Å². The molecule has 2 rings (SSSR count). The lowest BCUT2D eigenvalue weighted by Gasteiger charge is -2.12. The Morgan fingerprint density at radius 3 is 2.41 bits per heavy atom. The number of rotatable bonds is 5. The number of benzene rings is 2. The summed E-state index contributed by atoms with van der Waals surface area (Å²) >= 11 is 5.25. The Kier molecular flexibility index (Phi) is 5.00. The van der Waals surface area contributed by atoms with E-state index in [1.165, 1.54) is 12.1 Å². The van der Waals surface area contributed by atoms with E-state index in [1.54, 1.807) is 30.3 Å². The molecule has 0 aliphatic carbocycles. The number of allylic oxidation sites excluding steroid dienone is 1. The number of anilines is 1. The molecule has 114 valence electrons. The summed E-state index contributed by atoms with van der Waals surface area (Å²) < 4.78 is 27.7. The van der Waals surface area contributed by atoms with Crippen LogP contribution in [0, 0.1) is 6.92 Å². The van der Waals surface area contributed by atoms with Crippen LogP contribution in [0.4, 0.5) is 5.69 Å². The van der Waals surface area contributed by atoms with Crippen LogP contribution in [0.3, 0.4) is 0 Å². The fraction of sp³-hybridized carbons (Fsp3) is 0.0625. The molecular weight excluding hydrogens is 322 g/mol. The van der Waals surface area contributed by atoms with Gasteiger partial charge in [-0.3, -0.25) is 9.52 Å². The molecule has 2 aromatic carbocycles. The zero-order valence-corrected chi connectivity index (χ0v) is 13.4. The second-order valence-electron chi connectivity index (χ2n) is 4.60. The van der Waals surface area contributed by atoms with Gasteiger partial charge in [0.1, 0.15) is 0 Å². The fourth-order valence-electron chi connectivity index (χ4n) is 1.91. The molecule has 4 nitrogen and oxygen atoms in total. The van der Waals surface area contributed by atoms with Gasteiger partial charge in [0.15, 0.2) is 0 Å². The van der Waals surface area contributed by atoms with Crippen LogP contribution in [0.2, 0.25) is 0 Å². The van der Waals surface area contributed by atoms with Gasteiger partial charge in [0, 0.05) is 0 Å². The third-order valence-corrected chi connectivity index (χ3v) is 4.56. The molecule has 0 radical (unpaired) electrons. The zero-order valence-electron chi connectivity index (χ0n) is 11.8. The first-order valence-electron chi connectivity index (χ1n) is 6.45. The smallest absolute Gasteiger partial charge is 0.262 e.